The van der Waals surface area contributed by atoms with Crippen molar-refractivity contribution in [3.63, 3.8) is 0 Å². The fourth-order valence-corrected chi connectivity index (χ4v) is 4.78. The molecule has 0 amide bonds. The third kappa shape index (κ3) is 2.18. The third-order valence-corrected chi connectivity index (χ3v) is 5.91. The molecule has 1 saturated carbocycles. The van der Waals surface area contributed by atoms with Gasteiger partial charge in [-0.05, 0) is 31.7 Å². The zero-order valence-electron chi connectivity index (χ0n) is 13.8. The maximum absolute atomic E-state index is 12.9. The van der Waals surface area contributed by atoms with Gasteiger partial charge in [0.15, 0.2) is 5.78 Å². The summed E-state index contributed by atoms with van der Waals surface area (Å²) in [4.78, 5) is 30.0. The molecule has 2 N–H and O–H groups in total. The number of aromatic amines is 1. The van der Waals surface area contributed by atoms with Gasteiger partial charge in [-0.2, -0.15) is 0 Å². The summed E-state index contributed by atoms with van der Waals surface area (Å²) < 4.78 is 0. The molecular weight excluding hydrogens is 304 g/mol. The number of likely N-dealkylation sites (tertiary alicyclic amines) is 1. The van der Waals surface area contributed by atoms with Crippen LogP contribution in [0.2, 0.25) is 0 Å². The number of aryl methyl sites for hydroxylation is 1. The van der Waals surface area contributed by atoms with Crippen LogP contribution < -0.4 is 0 Å². The Balaban J connectivity index is 1.57. The highest BCUT2D eigenvalue weighted by atomic mass is 16.4. The van der Waals surface area contributed by atoms with Crippen LogP contribution in [0.25, 0.3) is 10.9 Å². The molecule has 1 aromatic carbocycles. The number of fused-ring (bicyclic) bond motifs is 2. The Morgan fingerprint density at radius 3 is 2.92 bits per heavy atom. The number of hydrogen-bond acceptors (Lipinski definition) is 3. The lowest BCUT2D eigenvalue weighted by Gasteiger charge is -2.23. The van der Waals surface area contributed by atoms with Crippen molar-refractivity contribution in [2.45, 2.75) is 26.2 Å². The number of nitrogens with one attached hydrogen (secondary N) is 1. The first-order valence-electron chi connectivity index (χ1n) is 8.57. The molecule has 1 saturated heterocycles. The number of carboxylic acids is 1. The summed E-state index contributed by atoms with van der Waals surface area (Å²) in [6.07, 6.45) is 2.69. The number of ketones is 1. The quantitative estimate of drug-likeness (QED) is 0.847. The van der Waals surface area contributed by atoms with Gasteiger partial charge < -0.3 is 10.1 Å². The minimum atomic E-state index is -0.691. The minimum Gasteiger partial charge on any atom is -0.481 e. The van der Waals surface area contributed by atoms with E-state index in [1.807, 2.05) is 36.1 Å². The van der Waals surface area contributed by atoms with Crippen molar-refractivity contribution >= 4 is 22.7 Å². The van der Waals surface area contributed by atoms with Gasteiger partial charge in [0, 0.05) is 35.2 Å². The number of para-hydroxylation sites is 1. The van der Waals surface area contributed by atoms with Gasteiger partial charge in [-0.25, -0.2) is 0 Å². The number of nitrogens with zero attached hydrogens (tertiary/aromatic N) is 1. The van der Waals surface area contributed by atoms with E-state index in [2.05, 4.69) is 4.98 Å². The Hall–Kier alpha value is -2.14. The molecule has 0 spiro atoms. The van der Waals surface area contributed by atoms with Gasteiger partial charge >= 0.3 is 5.97 Å². The van der Waals surface area contributed by atoms with Crippen LogP contribution in [0.3, 0.4) is 0 Å². The smallest absolute Gasteiger partial charge is 0.311 e. The number of carbonyl (C=O) groups is 2. The van der Waals surface area contributed by atoms with Gasteiger partial charge in [0.25, 0.3) is 0 Å². The lowest BCUT2D eigenvalue weighted by Crippen LogP contribution is -2.36. The van der Waals surface area contributed by atoms with Crippen molar-refractivity contribution in [1.82, 2.24) is 9.88 Å². The molecular formula is C19H22N2O3. The van der Waals surface area contributed by atoms with Crippen LogP contribution in [0.15, 0.2) is 24.3 Å². The first kappa shape index (κ1) is 15.4. The SMILES string of the molecule is Cc1[nH]c2ccccc2c1C(=O)CN1C[C@@H]2CCC[C@@]2(C(=O)O)C1. The molecule has 5 nitrogen and oxygen atoms in total. The molecule has 126 valence electrons. The van der Waals surface area contributed by atoms with Crippen LogP contribution in [0.5, 0.6) is 0 Å². The van der Waals surface area contributed by atoms with Crippen LogP contribution in [0.4, 0.5) is 0 Å². The second-order valence-electron chi connectivity index (χ2n) is 7.31. The minimum absolute atomic E-state index is 0.0745. The first-order valence-corrected chi connectivity index (χ1v) is 8.57. The van der Waals surface area contributed by atoms with Gasteiger partial charge in [0.1, 0.15) is 0 Å². The van der Waals surface area contributed by atoms with E-state index in [4.69, 9.17) is 0 Å². The van der Waals surface area contributed by atoms with Crippen molar-refractivity contribution in [3.8, 4) is 0 Å². The van der Waals surface area contributed by atoms with Gasteiger partial charge in [0.05, 0.1) is 12.0 Å². The standard InChI is InChI=1S/C19H22N2O3/c1-12-17(14-6-2-3-7-15(14)20-12)16(22)10-21-9-13-5-4-8-19(13,11-21)18(23)24/h2-3,6-7,13,20H,4-5,8-11H2,1H3,(H,23,24)/t13-,19+/m0/s1. The lowest BCUT2D eigenvalue weighted by molar-refractivity contribution is -0.149. The maximum atomic E-state index is 12.9. The lowest BCUT2D eigenvalue weighted by atomic mass is 9.81. The Bertz CT molecular complexity index is 825. The number of benzene rings is 1. The summed E-state index contributed by atoms with van der Waals surface area (Å²) in [6, 6.07) is 7.82. The Morgan fingerprint density at radius 2 is 2.17 bits per heavy atom. The predicted octanol–water partition coefficient (Wildman–Crippen LogP) is 2.85. The summed E-state index contributed by atoms with van der Waals surface area (Å²) in [7, 11) is 0. The van der Waals surface area contributed by atoms with Crippen LogP contribution in [0.1, 0.15) is 35.3 Å². The number of carboxylic acid groups (broad SMARTS) is 1. The second kappa shape index (κ2) is 5.45. The van der Waals surface area contributed by atoms with Crippen LogP contribution in [-0.4, -0.2) is 46.4 Å². The summed E-state index contributed by atoms with van der Waals surface area (Å²) in [6.45, 7) is 3.44. The molecule has 0 unspecified atom stereocenters. The predicted molar refractivity (Wildman–Crippen MR) is 91.2 cm³/mol. The van der Waals surface area contributed by atoms with E-state index in [0.717, 1.165) is 48.0 Å². The monoisotopic (exact) mass is 326 g/mol. The third-order valence-electron chi connectivity index (χ3n) is 5.91. The Labute approximate surface area is 140 Å². The number of hydrogen-bond donors (Lipinski definition) is 2. The Kier molecular flexibility index (Phi) is 3.49. The molecule has 2 aromatic rings. The van der Waals surface area contributed by atoms with E-state index in [1.165, 1.54) is 0 Å². The average molecular weight is 326 g/mol. The van der Waals surface area contributed by atoms with E-state index < -0.39 is 11.4 Å². The molecule has 2 fully saturated rings. The van der Waals surface area contributed by atoms with E-state index in [9.17, 15) is 14.7 Å². The van der Waals surface area contributed by atoms with E-state index in [0.29, 0.717) is 13.1 Å². The number of Topliss-reactive ketones (excluding diaryl/α,β-unsaturated/α-hetero) is 1. The summed E-state index contributed by atoms with van der Waals surface area (Å²) in [5.74, 6) is -0.430. The van der Waals surface area contributed by atoms with Gasteiger partial charge in [-0.15, -0.1) is 0 Å². The zero-order valence-corrected chi connectivity index (χ0v) is 13.8. The molecule has 1 aliphatic heterocycles. The van der Waals surface area contributed by atoms with Crippen molar-refractivity contribution in [2.75, 3.05) is 19.6 Å². The highest BCUT2D eigenvalue weighted by molar-refractivity contribution is 6.10. The molecule has 2 atom stereocenters. The van der Waals surface area contributed by atoms with Gasteiger partial charge in [-0.3, -0.25) is 14.5 Å². The second-order valence-corrected chi connectivity index (χ2v) is 7.31. The van der Waals surface area contributed by atoms with Crippen molar-refractivity contribution in [3.05, 3.63) is 35.5 Å². The largest absolute Gasteiger partial charge is 0.481 e. The summed E-state index contributed by atoms with van der Waals surface area (Å²) in [5.41, 5.74) is 1.97. The van der Waals surface area contributed by atoms with Crippen molar-refractivity contribution in [1.29, 1.82) is 0 Å². The van der Waals surface area contributed by atoms with Crippen molar-refractivity contribution < 1.29 is 14.7 Å². The molecule has 0 radical (unpaired) electrons. The summed E-state index contributed by atoms with van der Waals surface area (Å²) >= 11 is 0. The highest BCUT2D eigenvalue weighted by Crippen LogP contribution is 2.48. The number of aliphatic carboxylic acids is 1. The topological polar surface area (TPSA) is 73.4 Å². The van der Waals surface area contributed by atoms with Gasteiger partial charge in [-0.1, -0.05) is 24.6 Å². The molecule has 0 bridgehead atoms. The van der Waals surface area contributed by atoms with Crippen LogP contribution >= 0.6 is 0 Å². The molecule has 4 rings (SSSR count). The summed E-state index contributed by atoms with van der Waals surface area (Å²) in [5, 5.41) is 10.6. The fourth-order valence-electron chi connectivity index (χ4n) is 4.78. The number of rotatable bonds is 4. The Morgan fingerprint density at radius 1 is 1.38 bits per heavy atom. The first-order chi connectivity index (χ1) is 11.5. The van der Waals surface area contributed by atoms with E-state index in [-0.39, 0.29) is 11.7 Å². The molecule has 1 aliphatic carbocycles. The zero-order chi connectivity index (χ0) is 16.9. The normalized spacial score (nSPS) is 26.8. The van der Waals surface area contributed by atoms with E-state index >= 15 is 0 Å². The van der Waals surface area contributed by atoms with Crippen LogP contribution in [-0.2, 0) is 4.79 Å². The van der Waals surface area contributed by atoms with Crippen LogP contribution in [0, 0.1) is 18.3 Å². The molecule has 5 heteroatoms. The highest BCUT2D eigenvalue weighted by Gasteiger charge is 2.54. The number of H-pyrrole nitrogens is 1. The molecule has 1 aromatic heterocycles. The van der Waals surface area contributed by atoms with Gasteiger partial charge in [0.2, 0.25) is 0 Å². The molecule has 2 aliphatic rings. The number of carbonyl (C=O) groups excluding carboxylic acids is 1. The van der Waals surface area contributed by atoms with Crippen molar-refractivity contribution in [2.24, 2.45) is 11.3 Å². The average Bonchev–Trinajstić information content (AvgIpc) is 3.16. The van der Waals surface area contributed by atoms with E-state index in [1.54, 1.807) is 0 Å². The molecule has 2 heterocycles. The fraction of sp³-hybridized carbons (Fsp3) is 0.474. The number of aromatic nitrogens is 1. The molecule has 24 heavy (non-hydrogen) atoms. The maximum Gasteiger partial charge on any atom is 0.311 e.